The molecule has 1 aromatic carbocycles. The van der Waals surface area contributed by atoms with E-state index in [2.05, 4.69) is 26.3 Å². The molecule has 20 heavy (non-hydrogen) atoms. The van der Waals surface area contributed by atoms with Crippen LogP contribution in [-0.4, -0.2) is 22.8 Å². The second kappa shape index (κ2) is 6.09. The number of ether oxygens (including phenoxy) is 1. The Balaban J connectivity index is 2.13. The molecule has 0 aliphatic heterocycles. The van der Waals surface area contributed by atoms with Gasteiger partial charge in [-0.1, -0.05) is 6.07 Å². The fourth-order valence-electron chi connectivity index (χ4n) is 1.85. The van der Waals surface area contributed by atoms with E-state index in [0.29, 0.717) is 11.4 Å². The minimum atomic E-state index is -0.396. The number of benzene rings is 1. The van der Waals surface area contributed by atoms with Gasteiger partial charge in [-0.25, -0.2) is 0 Å². The first kappa shape index (κ1) is 14.6. The van der Waals surface area contributed by atoms with Crippen LogP contribution in [0.5, 0.6) is 5.75 Å². The molecule has 0 saturated carbocycles. The van der Waals surface area contributed by atoms with Crippen molar-refractivity contribution in [3.05, 3.63) is 40.6 Å². The Morgan fingerprint density at radius 3 is 2.85 bits per heavy atom. The third-order valence-corrected chi connectivity index (χ3v) is 3.85. The molecule has 0 bridgehead atoms. The number of amides is 1. The van der Waals surface area contributed by atoms with Crippen LogP contribution in [0.4, 0.5) is 5.69 Å². The second-order valence-corrected chi connectivity index (χ2v) is 5.27. The summed E-state index contributed by atoms with van der Waals surface area (Å²) in [6.45, 7) is 3.72. The maximum Gasteiger partial charge on any atom is 0.248 e. The molecule has 106 valence electrons. The number of nitrogens with zero attached hydrogens (tertiary/aromatic N) is 2. The van der Waals surface area contributed by atoms with Gasteiger partial charge in [-0.15, -0.1) is 0 Å². The van der Waals surface area contributed by atoms with Gasteiger partial charge < -0.3 is 10.1 Å². The van der Waals surface area contributed by atoms with E-state index >= 15 is 0 Å². The number of anilines is 1. The third kappa shape index (κ3) is 3.01. The van der Waals surface area contributed by atoms with Crippen molar-refractivity contribution in [2.75, 3.05) is 12.4 Å². The Hall–Kier alpha value is -1.82. The predicted molar refractivity (Wildman–Crippen MR) is 81.0 cm³/mol. The van der Waals surface area contributed by atoms with Crippen molar-refractivity contribution >= 4 is 27.5 Å². The van der Waals surface area contributed by atoms with Gasteiger partial charge >= 0.3 is 0 Å². The fraction of sp³-hybridized carbons (Fsp3) is 0.286. The molecule has 0 aliphatic carbocycles. The van der Waals surface area contributed by atoms with Crippen LogP contribution in [0.15, 0.2) is 34.9 Å². The lowest BCUT2D eigenvalue weighted by Gasteiger charge is -2.15. The topological polar surface area (TPSA) is 56.1 Å². The monoisotopic (exact) mass is 337 g/mol. The molecule has 2 aromatic rings. The molecule has 0 saturated heterocycles. The zero-order valence-electron chi connectivity index (χ0n) is 11.6. The quantitative estimate of drug-likeness (QED) is 0.932. The largest absolute Gasteiger partial charge is 0.497 e. The SMILES string of the molecule is COc1cccc(NC(=O)C(C)n2ncc(Br)c2C)c1. The molecular formula is C14H16BrN3O2. The summed E-state index contributed by atoms with van der Waals surface area (Å²) >= 11 is 3.39. The highest BCUT2D eigenvalue weighted by Gasteiger charge is 2.18. The highest BCUT2D eigenvalue weighted by molar-refractivity contribution is 9.10. The number of hydrogen-bond acceptors (Lipinski definition) is 3. The third-order valence-electron chi connectivity index (χ3n) is 3.07. The molecule has 1 unspecified atom stereocenters. The van der Waals surface area contributed by atoms with Crippen molar-refractivity contribution in [2.45, 2.75) is 19.9 Å². The van der Waals surface area contributed by atoms with Crippen molar-refractivity contribution < 1.29 is 9.53 Å². The number of nitrogens with one attached hydrogen (secondary N) is 1. The van der Waals surface area contributed by atoms with Gasteiger partial charge in [0, 0.05) is 11.8 Å². The van der Waals surface area contributed by atoms with Gasteiger partial charge in [0.15, 0.2) is 0 Å². The van der Waals surface area contributed by atoms with E-state index in [1.807, 2.05) is 32.0 Å². The average molecular weight is 338 g/mol. The van der Waals surface area contributed by atoms with Gasteiger partial charge in [0.1, 0.15) is 11.8 Å². The van der Waals surface area contributed by atoms with Gasteiger partial charge in [-0.05, 0) is 41.9 Å². The zero-order chi connectivity index (χ0) is 14.7. The van der Waals surface area contributed by atoms with Crippen LogP contribution in [0.1, 0.15) is 18.7 Å². The van der Waals surface area contributed by atoms with Gasteiger partial charge in [0.25, 0.3) is 0 Å². The van der Waals surface area contributed by atoms with Crippen LogP contribution in [-0.2, 0) is 4.79 Å². The summed E-state index contributed by atoms with van der Waals surface area (Å²) in [6.07, 6.45) is 1.69. The summed E-state index contributed by atoms with van der Waals surface area (Å²) in [5, 5.41) is 7.05. The van der Waals surface area contributed by atoms with Gasteiger partial charge in [0.2, 0.25) is 5.91 Å². The van der Waals surface area contributed by atoms with Crippen LogP contribution < -0.4 is 10.1 Å². The average Bonchev–Trinajstić information content (AvgIpc) is 2.78. The molecule has 0 spiro atoms. The van der Waals surface area contributed by atoms with Crippen molar-refractivity contribution in [3.8, 4) is 5.75 Å². The number of rotatable bonds is 4. The van der Waals surface area contributed by atoms with E-state index in [1.165, 1.54) is 0 Å². The molecule has 1 amide bonds. The Kier molecular flexibility index (Phi) is 4.44. The van der Waals surface area contributed by atoms with E-state index in [-0.39, 0.29) is 5.91 Å². The predicted octanol–water partition coefficient (Wildman–Crippen LogP) is 3.16. The molecule has 1 aromatic heterocycles. The van der Waals surface area contributed by atoms with E-state index in [9.17, 15) is 4.79 Å². The molecular weight excluding hydrogens is 322 g/mol. The van der Waals surface area contributed by atoms with Crippen molar-refractivity contribution in [1.29, 1.82) is 0 Å². The number of hydrogen-bond donors (Lipinski definition) is 1. The maximum atomic E-state index is 12.2. The molecule has 6 heteroatoms. The second-order valence-electron chi connectivity index (χ2n) is 4.42. The fourth-order valence-corrected chi connectivity index (χ4v) is 2.12. The lowest BCUT2D eigenvalue weighted by molar-refractivity contribution is -0.119. The van der Waals surface area contributed by atoms with E-state index in [4.69, 9.17) is 4.74 Å². The van der Waals surface area contributed by atoms with Crippen molar-refractivity contribution in [1.82, 2.24) is 9.78 Å². The number of aromatic nitrogens is 2. The lowest BCUT2D eigenvalue weighted by atomic mass is 10.2. The Morgan fingerprint density at radius 2 is 2.25 bits per heavy atom. The summed E-state index contributed by atoms with van der Waals surface area (Å²) in [5.74, 6) is 0.574. The van der Waals surface area contributed by atoms with Crippen LogP contribution in [0.2, 0.25) is 0 Å². The normalized spacial score (nSPS) is 12.0. The molecule has 1 N–H and O–H groups in total. The number of carbonyl (C=O) groups excluding carboxylic acids is 1. The van der Waals surface area contributed by atoms with Gasteiger partial charge in [-0.2, -0.15) is 5.10 Å². The van der Waals surface area contributed by atoms with E-state index in [1.54, 1.807) is 24.1 Å². The molecule has 0 radical (unpaired) electrons. The highest BCUT2D eigenvalue weighted by atomic mass is 79.9. The Morgan fingerprint density at radius 1 is 1.50 bits per heavy atom. The number of halogens is 1. The summed E-state index contributed by atoms with van der Waals surface area (Å²) in [6, 6.07) is 6.85. The number of carbonyl (C=O) groups is 1. The Labute approximate surface area is 126 Å². The minimum Gasteiger partial charge on any atom is -0.497 e. The first-order valence-corrected chi connectivity index (χ1v) is 6.96. The van der Waals surface area contributed by atoms with E-state index < -0.39 is 6.04 Å². The van der Waals surface area contributed by atoms with Crippen LogP contribution in [0.3, 0.4) is 0 Å². The van der Waals surface area contributed by atoms with E-state index in [0.717, 1.165) is 10.2 Å². The van der Waals surface area contributed by atoms with Gasteiger partial charge in [0.05, 0.1) is 23.5 Å². The molecule has 0 aliphatic rings. The van der Waals surface area contributed by atoms with Crippen LogP contribution >= 0.6 is 15.9 Å². The first-order valence-electron chi connectivity index (χ1n) is 6.17. The molecule has 2 rings (SSSR count). The molecule has 1 heterocycles. The van der Waals surface area contributed by atoms with Crippen LogP contribution in [0.25, 0.3) is 0 Å². The Bertz CT molecular complexity index is 625. The molecule has 0 fully saturated rings. The standard InChI is InChI=1S/C14H16BrN3O2/c1-9-13(15)8-16-18(9)10(2)14(19)17-11-5-4-6-12(7-11)20-3/h4-8,10H,1-3H3,(H,17,19). The summed E-state index contributed by atoms with van der Waals surface area (Å²) in [4.78, 5) is 12.2. The summed E-state index contributed by atoms with van der Waals surface area (Å²) in [7, 11) is 1.59. The minimum absolute atomic E-state index is 0.128. The first-order chi connectivity index (χ1) is 9.52. The van der Waals surface area contributed by atoms with Gasteiger partial charge in [-0.3, -0.25) is 9.48 Å². The molecule has 5 nitrogen and oxygen atoms in total. The number of methoxy groups -OCH3 is 1. The van der Waals surface area contributed by atoms with Crippen molar-refractivity contribution in [3.63, 3.8) is 0 Å². The summed E-state index contributed by atoms with van der Waals surface area (Å²) in [5.41, 5.74) is 1.61. The summed E-state index contributed by atoms with van der Waals surface area (Å²) < 4.78 is 7.70. The zero-order valence-corrected chi connectivity index (χ0v) is 13.1. The lowest BCUT2D eigenvalue weighted by Crippen LogP contribution is -2.25. The van der Waals surface area contributed by atoms with Crippen molar-refractivity contribution in [2.24, 2.45) is 0 Å². The maximum absolute atomic E-state index is 12.2. The molecule has 1 atom stereocenters. The van der Waals surface area contributed by atoms with Crippen LogP contribution in [0, 0.1) is 6.92 Å². The highest BCUT2D eigenvalue weighted by Crippen LogP contribution is 2.21. The smallest absolute Gasteiger partial charge is 0.248 e.